The van der Waals surface area contributed by atoms with Crippen molar-refractivity contribution in [2.24, 2.45) is 0 Å². The van der Waals surface area contributed by atoms with Gasteiger partial charge in [0.1, 0.15) is 12.4 Å². The maximum absolute atomic E-state index is 5.81. The zero-order valence-corrected chi connectivity index (χ0v) is 11.7. The van der Waals surface area contributed by atoms with Crippen molar-refractivity contribution in [3.63, 3.8) is 0 Å². The fraction of sp³-hybridized carbons (Fsp3) is 0.625. The number of benzene rings is 1. The van der Waals surface area contributed by atoms with Crippen LogP contribution < -0.4 is 4.74 Å². The standard InChI is InChI=1S/C16H25NO/c1-3-15-7-9-16(10-8-15)18-13-12-17-11-5-4-6-14(17)2/h7-10,14H,3-6,11-13H2,1-2H3. The van der Waals surface area contributed by atoms with Crippen LogP contribution in [0.2, 0.25) is 0 Å². The maximum atomic E-state index is 5.81. The van der Waals surface area contributed by atoms with Crippen molar-refractivity contribution in [1.82, 2.24) is 4.90 Å². The van der Waals surface area contributed by atoms with Gasteiger partial charge in [0.05, 0.1) is 0 Å². The molecule has 2 heteroatoms. The predicted molar refractivity (Wildman–Crippen MR) is 76.2 cm³/mol. The molecular formula is C16H25NO. The Hall–Kier alpha value is -1.02. The molecule has 1 atom stereocenters. The van der Waals surface area contributed by atoms with Crippen LogP contribution in [-0.2, 0) is 6.42 Å². The molecule has 1 unspecified atom stereocenters. The molecule has 0 amide bonds. The summed E-state index contributed by atoms with van der Waals surface area (Å²) in [5.74, 6) is 0.997. The Kier molecular flexibility index (Phi) is 5.06. The van der Waals surface area contributed by atoms with Crippen molar-refractivity contribution in [2.75, 3.05) is 19.7 Å². The lowest BCUT2D eigenvalue weighted by molar-refractivity contribution is 0.133. The molecule has 1 aliphatic rings. The minimum absolute atomic E-state index is 0.727. The number of hydrogen-bond donors (Lipinski definition) is 0. The number of rotatable bonds is 5. The van der Waals surface area contributed by atoms with Crippen LogP contribution in [0.5, 0.6) is 5.75 Å². The smallest absolute Gasteiger partial charge is 0.119 e. The summed E-state index contributed by atoms with van der Waals surface area (Å²) in [6, 6.07) is 9.19. The lowest BCUT2D eigenvalue weighted by Crippen LogP contribution is -2.39. The van der Waals surface area contributed by atoms with E-state index in [2.05, 4.69) is 43.0 Å². The van der Waals surface area contributed by atoms with Gasteiger partial charge in [0, 0.05) is 12.6 Å². The van der Waals surface area contributed by atoms with Gasteiger partial charge in [-0.15, -0.1) is 0 Å². The summed E-state index contributed by atoms with van der Waals surface area (Å²) in [5, 5.41) is 0. The lowest BCUT2D eigenvalue weighted by atomic mass is 10.0. The SMILES string of the molecule is CCc1ccc(OCCN2CCCCC2C)cc1. The van der Waals surface area contributed by atoms with Crippen molar-refractivity contribution < 1.29 is 4.74 Å². The molecule has 0 saturated carbocycles. The van der Waals surface area contributed by atoms with E-state index < -0.39 is 0 Å². The second-order valence-electron chi connectivity index (χ2n) is 5.23. The van der Waals surface area contributed by atoms with Gasteiger partial charge in [-0.25, -0.2) is 0 Å². The molecule has 100 valence electrons. The van der Waals surface area contributed by atoms with Crippen LogP contribution in [0.4, 0.5) is 0 Å². The van der Waals surface area contributed by atoms with Crippen LogP contribution in [-0.4, -0.2) is 30.6 Å². The van der Waals surface area contributed by atoms with Crippen molar-refractivity contribution in [3.8, 4) is 5.75 Å². The van der Waals surface area contributed by atoms with E-state index in [1.807, 2.05) is 0 Å². The quantitative estimate of drug-likeness (QED) is 0.789. The van der Waals surface area contributed by atoms with Crippen LogP contribution in [0.1, 0.15) is 38.7 Å². The van der Waals surface area contributed by atoms with Gasteiger partial charge in [-0.3, -0.25) is 4.90 Å². The Morgan fingerprint density at radius 1 is 1.22 bits per heavy atom. The van der Waals surface area contributed by atoms with E-state index in [9.17, 15) is 0 Å². The third-order valence-electron chi connectivity index (χ3n) is 3.92. The molecule has 1 fully saturated rings. The largest absolute Gasteiger partial charge is 0.492 e. The van der Waals surface area contributed by atoms with Crippen LogP contribution in [0.3, 0.4) is 0 Å². The molecule has 1 aromatic carbocycles. The molecule has 1 aromatic rings. The fourth-order valence-electron chi connectivity index (χ4n) is 2.59. The second-order valence-corrected chi connectivity index (χ2v) is 5.23. The van der Waals surface area contributed by atoms with Gasteiger partial charge in [-0.1, -0.05) is 25.5 Å². The first-order valence-electron chi connectivity index (χ1n) is 7.25. The molecule has 0 spiro atoms. The Morgan fingerprint density at radius 3 is 2.67 bits per heavy atom. The summed E-state index contributed by atoms with van der Waals surface area (Å²) >= 11 is 0. The molecule has 0 aromatic heterocycles. The minimum Gasteiger partial charge on any atom is -0.492 e. The highest BCUT2D eigenvalue weighted by Gasteiger charge is 2.17. The first-order valence-corrected chi connectivity index (χ1v) is 7.25. The number of ether oxygens (including phenoxy) is 1. The third kappa shape index (κ3) is 3.74. The van der Waals surface area contributed by atoms with E-state index in [4.69, 9.17) is 4.74 Å². The predicted octanol–water partition coefficient (Wildman–Crippen LogP) is 3.50. The zero-order valence-electron chi connectivity index (χ0n) is 11.7. The number of piperidine rings is 1. The molecule has 0 radical (unpaired) electrons. The average molecular weight is 247 g/mol. The molecule has 0 N–H and O–H groups in total. The van der Waals surface area contributed by atoms with Gasteiger partial charge in [-0.05, 0) is 50.4 Å². The number of likely N-dealkylation sites (tertiary alicyclic amines) is 1. The first kappa shape index (κ1) is 13.4. The van der Waals surface area contributed by atoms with Crippen LogP contribution in [0.15, 0.2) is 24.3 Å². The topological polar surface area (TPSA) is 12.5 Å². The molecule has 1 heterocycles. The molecule has 2 nitrogen and oxygen atoms in total. The highest BCUT2D eigenvalue weighted by molar-refractivity contribution is 5.27. The average Bonchev–Trinajstić information content (AvgIpc) is 2.42. The number of aryl methyl sites for hydroxylation is 1. The third-order valence-corrected chi connectivity index (χ3v) is 3.92. The van der Waals surface area contributed by atoms with Crippen molar-refractivity contribution in [1.29, 1.82) is 0 Å². The summed E-state index contributed by atoms with van der Waals surface area (Å²) < 4.78 is 5.81. The van der Waals surface area contributed by atoms with E-state index in [1.165, 1.54) is 31.4 Å². The maximum Gasteiger partial charge on any atom is 0.119 e. The van der Waals surface area contributed by atoms with Crippen molar-refractivity contribution >= 4 is 0 Å². The Morgan fingerprint density at radius 2 is 2.00 bits per heavy atom. The second kappa shape index (κ2) is 6.79. The summed E-state index contributed by atoms with van der Waals surface area (Å²) in [6.07, 6.45) is 5.16. The Bertz CT molecular complexity index is 347. The van der Waals surface area contributed by atoms with Gasteiger partial charge in [0.2, 0.25) is 0 Å². The molecule has 0 aliphatic carbocycles. The molecule has 0 bridgehead atoms. The van der Waals surface area contributed by atoms with Gasteiger partial charge < -0.3 is 4.74 Å². The van der Waals surface area contributed by atoms with Crippen LogP contribution >= 0.6 is 0 Å². The van der Waals surface area contributed by atoms with Crippen molar-refractivity contribution in [3.05, 3.63) is 29.8 Å². The number of hydrogen-bond acceptors (Lipinski definition) is 2. The van der Waals surface area contributed by atoms with E-state index in [1.54, 1.807) is 0 Å². The molecule has 2 rings (SSSR count). The van der Waals surface area contributed by atoms with E-state index in [-0.39, 0.29) is 0 Å². The molecule has 1 saturated heterocycles. The summed E-state index contributed by atoms with van der Waals surface area (Å²) in [5.41, 5.74) is 1.37. The van der Waals surface area contributed by atoms with E-state index in [0.717, 1.165) is 31.4 Å². The van der Waals surface area contributed by atoms with Crippen molar-refractivity contribution in [2.45, 2.75) is 45.6 Å². The van der Waals surface area contributed by atoms with Crippen LogP contribution in [0, 0.1) is 0 Å². The summed E-state index contributed by atoms with van der Waals surface area (Å²) in [7, 11) is 0. The molecule has 18 heavy (non-hydrogen) atoms. The normalized spacial score (nSPS) is 20.9. The fourth-order valence-corrected chi connectivity index (χ4v) is 2.59. The zero-order chi connectivity index (χ0) is 12.8. The molecule has 1 aliphatic heterocycles. The summed E-state index contributed by atoms with van der Waals surface area (Å²) in [4.78, 5) is 2.55. The van der Waals surface area contributed by atoms with E-state index in [0.29, 0.717) is 0 Å². The van der Waals surface area contributed by atoms with Gasteiger partial charge in [-0.2, -0.15) is 0 Å². The van der Waals surface area contributed by atoms with Crippen LogP contribution in [0.25, 0.3) is 0 Å². The monoisotopic (exact) mass is 247 g/mol. The lowest BCUT2D eigenvalue weighted by Gasteiger charge is -2.33. The Balaban J connectivity index is 1.73. The van der Waals surface area contributed by atoms with Gasteiger partial charge in [0.15, 0.2) is 0 Å². The highest BCUT2D eigenvalue weighted by atomic mass is 16.5. The minimum atomic E-state index is 0.727. The number of nitrogens with zero attached hydrogens (tertiary/aromatic N) is 1. The highest BCUT2D eigenvalue weighted by Crippen LogP contribution is 2.16. The summed E-state index contributed by atoms with van der Waals surface area (Å²) in [6.45, 7) is 7.59. The molecular weight excluding hydrogens is 222 g/mol. The van der Waals surface area contributed by atoms with Gasteiger partial charge in [0.25, 0.3) is 0 Å². The van der Waals surface area contributed by atoms with E-state index >= 15 is 0 Å². The first-order chi connectivity index (χ1) is 8.79. The van der Waals surface area contributed by atoms with Gasteiger partial charge >= 0.3 is 0 Å². The Labute approximate surface area is 111 Å².